The molecule has 0 amide bonds. The molecule has 5 heteroatoms. The molecule has 1 atom stereocenters. The predicted octanol–water partition coefficient (Wildman–Crippen LogP) is 1.56. The van der Waals surface area contributed by atoms with E-state index in [1.807, 2.05) is 17.9 Å². The van der Waals surface area contributed by atoms with Gasteiger partial charge < -0.3 is 5.73 Å². The summed E-state index contributed by atoms with van der Waals surface area (Å²) in [6, 6.07) is 0.305. The first-order valence-corrected chi connectivity index (χ1v) is 7.50. The summed E-state index contributed by atoms with van der Waals surface area (Å²) < 4.78 is 2.25. The molecule has 2 N–H and O–H groups in total. The third-order valence-corrected chi connectivity index (χ3v) is 5.05. The molecule has 1 aromatic rings. The summed E-state index contributed by atoms with van der Waals surface area (Å²) in [6.45, 7) is 9.61. The quantitative estimate of drug-likeness (QED) is 0.903. The van der Waals surface area contributed by atoms with E-state index in [0.717, 1.165) is 13.1 Å². The average Bonchev–Trinajstić information content (AvgIpc) is 2.61. The van der Waals surface area contributed by atoms with Crippen LogP contribution in [-0.4, -0.2) is 44.8 Å². The van der Waals surface area contributed by atoms with Crippen molar-refractivity contribution in [3.8, 4) is 0 Å². The Hall–Kier alpha value is -0.520. The van der Waals surface area contributed by atoms with Crippen LogP contribution in [0.4, 0.5) is 0 Å². The number of aryl methyl sites for hydroxylation is 1. The molecule has 4 nitrogen and oxygen atoms in total. The topological polar surface area (TPSA) is 47.1 Å². The van der Waals surface area contributed by atoms with E-state index >= 15 is 0 Å². The molecule has 1 aliphatic heterocycles. The summed E-state index contributed by atoms with van der Waals surface area (Å²) in [6.07, 6.45) is 1.97. The van der Waals surface area contributed by atoms with Gasteiger partial charge in [0, 0.05) is 48.4 Å². The maximum Gasteiger partial charge on any atom is 0.0540 e. The molecule has 1 saturated heterocycles. The Morgan fingerprint density at radius 1 is 1.56 bits per heavy atom. The Balaban J connectivity index is 2.21. The van der Waals surface area contributed by atoms with E-state index in [0.29, 0.717) is 17.3 Å². The summed E-state index contributed by atoms with van der Waals surface area (Å²) in [5.74, 6) is 1.18. The van der Waals surface area contributed by atoms with Gasteiger partial charge in [0.15, 0.2) is 0 Å². The lowest BCUT2D eigenvalue weighted by Gasteiger charge is -2.41. The number of hydrogen-bond acceptors (Lipinski definition) is 4. The maximum atomic E-state index is 6.02. The van der Waals surface area contributed by atoms with Gasteiger partial charge in [0.2, 0.25) is 0 Å². The van der Waals surface area contributed by atoms with E-state index in [-0.39, 0.29) is 0 Å². The molecule has 0 radical (unpaired) electrons. The smallest absolute Gasteiger partial charge is 0.0540 e. The van der Waals surface area contributed by atoms with Gasteiger partial charge in [-0.2, -0.15) is 16.9 Å². The van der Waals surface area contributed by atoms with Gasteiger partial charge in [0.25, 0.3) is 0 Å². The van der Waals surface area contributed by atoms with Gasteiger partial charge >= 0.3 is 0 Å². The SMILES string of the molecule is Cc1c(C(CN)N2CCSC(C)(C)C2)cnn1C. The Labute approximate surface area is 114 Å². The van der Waals surface area contributed by atoms with Crippen LogP contribution < -0.4 is 5.73 Å². The van der Waals surface area contributed by atoms with Crippen LogP contribution in [0.25, 0.3) is 0 Å². The molecular formula is C13H24N4S. The number of nitrogens with two attached hydrogens (primary N) is 1. The number of nitrogens with zero attached hydrogens (tertiary/aromatic N) is 3. The van der Waals surface area contributed by atoms with Gasteiger partial charge in [-0.1, -0.05) is 0 Å². The van der Waals surface area contributed by atoms with Gasteiger partial charge in [-0.3, -0.25) is 9.58 Å². The average molecular weight is 268 g/mol. The molecule has 1 aliphatic rings. The fourth-order valence-electron chi connectivity index (χ4n) is 2.63. The van der Waals surface area contributed by atoms with Crippen molar-refractivity contribution in [3.05, 3.63) is 17.5 Å². The van der Waals surface area contributed by atoms with Crippen LogP contribution in [0.15, 0.2) is 6.20 Å². The summed E-state index contributed by atoms with van der Waals surface area (Å²) in [7, 11) is 1.99. The van der Waals surface area contributed by atoms with Crippen molar-refractivity contribution >= 4 is 11.8 Å². The molecular weight excluding hydrogens is 244 g/mol. The van der Waals surface area contributed by atoms with Crippen molar-refractivity contribution in [2.75, 3.05) is 25.4 Å². The van der Waals surface area contributed by atoms with Crippen LogP contribution in [0, 0.1) is 6.92 Å². The fourth-order valence-corrected chi connectivity index (χ4v) is 3.77. The Kier molecular flexibility index (Phi) is 4.04. The first-order valence-electron chi connectivity index (χ1n) is 6.51. The lowest BCUT2D eigenvalue weighted by Crippen LogP contribution is -2.46. The highest BCUT2D eigenvalue weighted by atomic mass is 32.2. The van der Waals surface area contributed by atoms with E-state index in [1.54, 1.807) is 0 Å². The second-order valence-electron chi connectivity index (χ2n) is 5.64. The van der Waals surface area contributed by atoms with Crippen LogP contribution >= 0.6 is 11.8 Å². The number of thioether (sulfide) groups is 1. The Morgan fingerprint density at radius 2 is 2.28 bits per heavy atom. The van der Waals surface area contributed by atoms with E-state index < -0.39 is 0 Å². The minimum absolute atomic E-state index is 0.305. The number of hydrogen-bond donors (Lipinski definition) is 1. The van der Waals surface area contributed by atoms with Crippen LogP contribution in [0.1, 0.15) is 31.1 Å². The maximum absolute atomic E-state index is 6.02. The lowest BCUT2D eigenvalue weighted by molar-refractivity contribution is 0.191. The van der Waals surface area contributed by atoms with E-state index in [1.165, 1.54) is 17.0 Å². The third kappa shape index (κ3) is 2.73. The molecule has 1 fully saturated rings. The fraction of sp³-hybridized carbons (Fsp3) is 0.769. The van der Waals surface area contributed by atoms with Gasteiger partial charge in [-0.25, -0.2) is 0 Å². The standard InChI is InChI=1S/C13H24N4S/c1-10-11(8-15-16(10)4)12(7-14)17-5-6-18-13(2,3)9-17/h8,12H,5-7,9,14H2,1-4H3. The third-order valence-electron chi connectivity index (χ3n) is 3.75. The second kappa shape index (κ2) is 5.23. The number of aromatic nitrogens is 2. The van der Waals surface area contributed by atoms with Crippen molar-refractivity contribution in [1.29, 1.82) is 0 Å². The molecule has 0 aliphatic carbocycles. The lowest BCUT2D eigenvalue weighted by atomic mass is 10.0. The van der Waals surface area contributed by atoms with E-state index in [2.05, 4.69) is 42.5 Å². The molecule has 1 aromatic heterocycles. The normalized spacial score (nSPS) is 22.1. The molecule has 0 spiro atoms. The molecule has 0 bridgehead atoms. The molecule has 0 saturated carbocycles. The predicted molar refractivity (Wildman–Crippen MR) is 77.9 cm³/mol. The molecule has 2 rings (SSSR count). The van der Waals surface area contributed by atoms with Gasteiger partial charge in [0.05, 0.1) is 12.2 Å². The van der Waals surface area contributed by atoms with Crippen molar-refractivity contribution in [3.63, 3.8) is 0 Å². The largest absolute Gasteiger partial charge is 0.329 e. The molecule has 102 valence electrons. The highest BCUT2D eigenvalue weighted by Crippen LogP contribution is 2.34. The van der Waals surface area contributed by atoms with E-state index in [4.69, 9.17) is 5.73 Å². The Morgan fingerprint density at radius 3 is 2.78 bits per heavy atom. The zero-order valence-corrected chi connectivity index (χ0v) is 12.6. The van der Waals surface area contributed by atoms with E-state index in [9.17, 15) is 0 Å². The van der Waals surface area contributed by atoms with Crippen LogP contribution in [0.5, 0.6) is 0 Å². The summed E-state index contributed by atoms with van der Waals surface area (Å²) in [5, 5.41) is 4.35. The summed E-state index contributed by atoms with van der Waals surface area (Å²) in [4.78, 5) is 2.51. The summed E-state index contributed by atoms with van der Waals surface area (Å²) in [5.41, 5.74) is 8.52. The first kappa shape index (κ1) is 13.9. The number of rotatable bonds is 3. The second-order valence-corrected chi connectivity index (χ2v) is 7.44. The molecule has 0 aromatic carbocycles. The Bertz CT molecular complexity index is 413. The highest BCUT2D eigenvalue weighted by molar-refractivity contribution is 8.00. The van der Waals surface area contributed by atoms with Crippen molar-refractivity contribution in [2.45, 2.75) is 31.6 Å². The van der Waals surface area contributed by atoms with Crippen LogP contribution in [0.3, 0.4) is 0 Å². The zero-order chi connectivity index (χ0) is 13.3. The first-order chi connectivity index (χ1) is 8.44. The minimum atomic E-state index is 0.305. The monoisotopic (exact) mass is 268 g/mol. The van der Waals surface area contributed by atoms with Gasteiger partial charge in [-0.15, -0.1) is 0 Å². The minimum Gasteiger partial charge on any atom is -0.329 e. The van der Waals surface area contributed by atoms with Gasteiger partial charge in [0.1, 0.15) is 0 Å². The van der Waals surface area contributed by atoms with Crippen LogP contribution in [-0.2, 0) is 7.05 Å². The van der Waals surface area contributed by atoms with Crippen molar-refractivity contribution < 1.29 is 0 Å². The van der Waals surface area contributed by atoms with Crippen molar-refractivity contribution in [1.82, 2.24) is 14.7 Å². The van der Waals surface area contributed by atoms with Crippen LogP contribution in [0.2, 0.25) is 0 Å². The van der Waals surface area contributed by atoms with Gasteiger partial charge in [-0.05, 0) is 20.8 Å². The molecule has 18 heavy (non-hydrogen) atoms. The molecule has 2 heterocycles. The van der Waals surface area contributed by atoms with Crippen molar-refractivity contribution in [2.24, 2.45) is 12.8 Å². The zero-order valence-electron chi connectivity index (χ0n) is 11.8. The molecule has 1 unspecified atom stereocenters. The highest BCUT2D eigenvalue weighted by Gasteiger charge is 2.32. The summed E-state index contributed by atoms with van der Waals surface area (Å²) >= 11 is 2.05.